The highest BCUT2D eigenvalue weighted by Crippen LogP contribution is 2.29. The number of nitro benzene ring substituents is 1. The molecule has 176 valence electrons. The minimum absolute atomic E-state index is 0.0532. The molecule has 3 aromatic carbocycles. The number of hydrogen-bond donors (Lipinski definition) is 1. The zero-order valence-electron chi connectivity index (χ0n) is 18.2. The molecule has 0 unspecified atom stereocenters. The Bertz CT molecular complexity index is 1410. The Hall–Kier alpha value is -4.28. The van der Waals surface area contributed by atoms with Crippen molar-refractivity contribution in [2.45, 2.75) is 0 Å². The molecule has 0 fully saturated rings. The zero-order chi connectivity index (χ0) is 24.8. The number of benzene rings is 3. The van der Waals surface area contributed by atoms with Gasteiger partial charge in [-0.1, -0.05) is 29.8 Å². The number of methoxy groups -OCH3 is 1. The molecule has 0 aliphatic rings. The number of carbonyl (C=O) groups excluding carboxylic acids is 1. The first-order valence-electron chi connectivity index (χ1n) is 10.1. The van der Waals surface area contributed by atoms with Crippen LogP contribution in [0.3, 0.4) is 0 Å². The van der Waals surface area contributed by atoms with Crippen molar-refractivity contribution in [2.24, 2.45) is 5.10 Å². The molecule has 11 heteroatoms. The summed E-state index contributed by atoms with van der Waals surface area (Å²) < 4.78 is 10.7. The molecule has 0 atom stereocenters. The lowest BCUT2D eigenvalue weighted by molar-refractivity contribution is -0.384. The van der Waals surface area contributed by atoms with Crippen molar-refractivity contribution >= 4 is 45.9 Å². The van der Waals surface area contributed by atoms with Gasteiger partial charge in [-0.2, -0.15) is 5.10 Å². The summed E-state index contributed by atoms with van der Waals surface area (Å²) in [7, 11) is 1.44. The molecule has 4 aromatic rings. The predicted octanol–water partition coefficient (Wildman–Crippen LogP) is 6.05. The van der Waals surface area contributed by atoms with Crippen molar-refractivity contribution < 1.29 is 19.2 Å². The Labute approximate surface area is 208 Å². The van der Waals surface area contributed by atoms with Crippen molar-refractivity contribution in [3.05, 3.63) is 98.4 Å². The van der Waals surface area contributed by atoms with Gasteiger partial charge in [-0.05, 0) is 42.0 Å². The van der Waals surface area contributed by atoms with Gasteiger partial charge < -0.3 is 9.47 Å². The van der Waals surface area contributed by atoms with Crippen LogP contribution in [0.1, 0.15) is 15.9 Å². The molecule has 0 aliphatic carbocycles. The first-order valence-corrected chi connectivity index (χ1v) is 11.3. The van der Waals surface area contributed by atoms with Crippen LogP contribution in [0.4, 0.5) is 10.8 Å². The number of nitro groups is 1. The van der Waals surface area contributed by atoms with E-state index in [1.807, 2.05) is 17.5 Å². The number of nitrogens with zero attached hydrogens (tertiary/aromatic N) is 3. The second-order valence-corrected chi connectivity index (χ2v) is 8.32. The van der Waals surface area contributed by atoms with Crippen LogP contribution in [0.5, 0.6) is 11.5 Å². The monoisotopic (exact) mass is 508 g/mol. The van der Waals surface area contributed by atoms with E-state index in [1.165, 1.54) is 36.6 Å². The van der Waals surface area contributed by atoms with Crippen molar-refractivity contribution in [3.63, 3.8) is 0 Å². The third kappa shape index (κ3) is 5.99. The zero-order valence-corrected chi connectivity index (χ0v) is 19.7. The highest BCUT2D eigenvalue weighted by atomic mass is 35.5. The van der Waals surface area contributed by atoms with Crippen LogP contribution in [0.15, 0.2) is 77.2 Å². The van der Waals surface area contributed by atoms with Gasteiger partial charge in [0.15, 0.2) is 11.5 Å². The molecule has 1 N–H and O–H groups in total. The van der Waals surface area contributed by atoms with Gasteiger partial charge in [0.2, 0.25) is 5.13 Å². The fraction of sp³-hybridized carbons (Fsp3) is 0.0417. The Morgan fingerprint density at radius 3 is 2.69 bits per heavy atom. The summed E-state index contributed by atoms with van der Waals surface area (Å²) in [6.45, 7) is 0. The maximum absolute atomic E-state index is 12.4. The lowest BCUT2D eigenvalue weighted by atomic mass is 10.2. The normalized spacial score (nSPS) is 10.8. The molecule has 1 heterocycles. The van der Waals surface area contributed by atoms with Crippen LogP contribution >= 0.6 is 22.9 Å². The van der Waals surface area contributed by atoms with E-state index in [0.29, 0.717) is 21.5 Å². The van der Waals surface area contributed by atoms with Crippen LogP contribution in [0, 0.1) is 10.1 Å². The maximum Gasteiger partial charge on any atom is 0.343 e. The number of non-ortho nitro benzene ring substituents is 1. The summed E-state index contributed by atoms with van der Waals surface area (Å²) in [6, 6.07) is 17.6. The quantitative estimate of drug-likeness (QED) is 0.101. The summed E-state index contributed by atoms with van der Waals surface area (Å²) in [4.78, 5) is 27.3. The molecule has 0 saturated heterocycles. The first kappa shape index (κ1) is 23.9. The number of hydrazone groups is 1. The molecule has 1 aromatic heterocycles. The Morgan fingerprint density at radius 1 is 1.14 bits per heavy atom. The van der Waals surface area contributed by atoms with Crippen molar-refractivity contribution in [1.82, 2.24) is 4.98 Å². The lowest BCUT2D eigenvalue weighted by Crippen LogP contribution is -2.09. The van der Waals surface area contributed by atoms with Crippen LogP contribution in [-0.2, 0) is 0 Å². The molecule has 0 saturated carbocycles. The second-order valence-electron chi connectivity index (χ2n) is 7.02. The van der Waals surface area contributed by atoms with Crippen LogP contribution in [0.2, 0.25) is 5.02 Å². The van der Waals surface area contributed by atoms with E-state index < -0.39 is 10.9 Å². The largest absolute Gasteiger partial charge is 0.493 e. The predicted molar refractivity (Wildman–Crippen MR) is 135 cm³/mol. The number of hydrogen-bond acceptors (Lipinski definition) is 9. The third-order valence-corrected chi connectivity index (χ3v) is 5.70. The van der Waals surface area contributed by atoms with E-state index in [1.54, 1.807) is 36.5 Å². The number of aromatic nitrogens is 1. The van der Waals surface area contributed by atoms with E-state index in [0.717, 1.165) is 17.3 Å². The van der Waals surface area contributed by atoms with Gasteiger partial charge >= 0.3 is 5.97 Å². The molecule has 0 aliphatic heterocycles. The fourth-order valence-corrected chi connectivity index (χ4v) is 3.79. The van der Waals surface area contributed by atoms with Gasteiger partial charge in [0, 0.05) is 28.1 Å². The molecule has 0 amide bonds. The Balaban J connectivity index is 1.42. The molecule has 35 heavy (non-hydrogen) atoms. The SMILES string of the molecule is COc1cc(/C=N/Nc2nc(-c3ccc(Cl)cc3)cs2)ccc1OC(=O)c1cccc([N+](=O)[O-])c1. The van der Waals surface area contributed by atoms with E-state index in [9.17, 15) is 14.9 Å². The number of ether oxygens (including phenoxy) is 2. The minimum Gasteiger partial charge on any atom is -0.493 e. The van der Waals surface area contributed by atoms with Crippen LogP contribution < -0.4 is 14.9 Å². The second kappa shape index (κ2) is 10.8. The number of anilines is 1. The number of esters is 1. The minimum atomic E-state index is -0.740. The van der Waals surface area contributed by atoms with Crippen LogP contribution in [-0.4, -0.2) is 29.2 Å². The Kier molecular flexibility index (Phi) is 7.34. The average molecular weight is 509 g/mol. The summed E-state index contributed by atoms with van der Waals surface area (Å²) in [5.41, 5.74) is 5.17. The van der Waals surface area contributed by atoms with E-state index >= 15 is 0 Å². The number of rotatable bonds is 8. The summed E-state index contributed by atoms with van der Waals surface area (Å²) in [5, 5.41) is 18.3. The van der Waals surface area contributed by atoms with Gasteiger partial charge in [-0.15, -0.1) is 11.3 Å². The van der Waals surface area contributed by atoms with E-state index in [-0.39, 0.29) is 17.0 Å². The standard InChI is InChI=1S/C24H17ClN4O5S/c1-33-22-11-15(5-10-21(22)34-23(30)17-3-2-4-19(12-17)29(31)32)13-26-28-24-27-20(14-35-24)16-6-8-18(25)9-7-16/h2-14H,1H3,(H,27,28)/b26-13+. The smallest absolute Gasteiger partial charge is 0.343 e. The number of nitrogens with one attached hydrogen (secondary N) is 1. The first-order chi connectivity index (χ1) is 16.9. The fourth-order valence-electron chi connectivity index (χ4n) is 2.99. The van der Waals surface area contributed by atoms with Crippen molar-refractivity contribution in [2.75, 3.05) is 12.5 Å². The molecule has 0 radical (unpaired) electrons. The number of carbonyl (C=O) groups is 1. The van der Waals surface area contributed by atoms with Gasteiger partial charge in [0.05, 0.1) is 29.5 Å². The average Bonchev–Trinajstić information content (AvgIpc) is 3.34. The van der Waals surface area contributed by atoms with Crippen molar-refractivity contribution in [3.8, 4) is 22.8 Å². The number of halogens is 1. The van der Waals surface area contributed by atoms with Crippen molar-refractivity contribution in [1.29, 1.82) is 0 Å². The summed E-state index contributed by atoms with van der Waals surface area (Å²) in [6.07, 6.45) is 1.57. The third-order valence-electron chi connectivity index (χ3n) is 4.70. The van der Waals surface area contributed by atoms with E-state index in [4.69, 9.17) is 21.1 Å². The number of thiazole rings is 1. The topological polar surface area (TPSA) is 116 Å². The highest BCUT2D eigenvalue weighted by Gasteiger charge is 2.16. The molecule has 0 bridgehead atoms. The van der Waals surface area contributed by atoms with Gasteiger partial charge in [-0.3, -0.25) is 15.5 Å². The lowest BCUT2D eigenvalue weighted by Gasteiger charge is -2.10. The Morgan fingerprint density at radius 2 is 1.94 bits per heavy atom. The summed E-state index contributed by atoms with van der Waals surface area (Å²) >= 11 is 7.33. The van der Waals surface area contributed by atoms with Gasteiger partial charge in [0.25, 0.3) is 5.69 Å². The maximum atomic E-state index is 12.4. The van der Waals surface area contributed by atoms with Gasteiger partial charge in [-0.25, -0.2) is 9.78 Å². The van der Waals surface area contributed by atoms with E-state index in [2.05, 4.69) is 15.5 Å². The van der Waals surface area contributed by atoms with Crippen LogP contribution in [0.25, 0.3) is 11.3 Å². The molecule has 0 spiro atoms. The highest BCUT2D eigenvalue weighted by molar-refractivity contribution is 7.14. The summed E-state index contributed by atoms with van der Waals surface area (Å²) in [5.74, 6) is -0.274. The molecule has 9 nitrogen and oxygen atoms in total. The molecular formula is C24H17ClN4O5S. The van der Waals surface area contributed by atoms with Gasteiger partial charge in [0.1, 0.15) is 0 Å². The molecule has 4 rings (SSSR count). The molecular weight excluding hydrogens is 492 g/mol.